The summed E-state index contributed by atoms with van der Waals surface area (Å²) < 4.78 is 13.4. The van der Waals surface area contributed by atoms with E-state index in [0.717, 1.165) is 62.3 Å². The fourth-order valence-electron chi connectivity index (χ4n) is 11.8. The van der Waals surface area contributed by atoms with Crippen molar-refractivity contribution in [2.45, 2.75) is 10.8 Å². The van der Waals surface area contributed by atoms with Crippen LogP contribution in [-0.2, 0) is 10.8 Å². The van der Waals surface area contributed by atoms with Gasteiger partial charge in [-0.05, 0) is 116 Å². The van der Waals surface area contributed by atoms with Gasteiger partial charge in [0.05, 0.1) is 10.8 Å². The molecule has 3 heteroatoms. The van der Waals surface area contributed by atoms with Gasteiger partial charge in [-0.15, -0.1) is 0 Å². The molecule has 0 saturated carbocycles. The number of ether oxygens (including phenoxy) is 2. The highest BCUT2D eigenvalue weighted by atomic mass is 16.5. The molecule has 10 aromatic rings. The minimum atomic E-state index is -0.594. The first-order chi connectivity index (χ1) is 32.2. The lowest BCUT2D eigenvalue weighted by Crippen LogP contribution is -2.32. The van der Waals surface area contributed by atoms with Crippen LogP contribution < -0.4 is 14.4 Å². The monoisotopic (exact) mass is 829 g/mol. The maximum Gasteiger partial charge on any atom is 0.132 e. The van der Waals surface area contributed by atoms with Gasteiger partial charge in [-0.3, -0.25) is 0 Å². The molecule has 3 nitrogen and oxygen atoms in total. The van der Waals surface area contributed by atoms with E-state index in [0.29, 0.717) is 0 Å². The number of fused-ring (bicyclic) bond motifs is 18. The van der Waals surface area contributed by atoms with Crippen LogP contribution in [0, 0.1) is 0 Å². The van der Waals surface area contributed by atoms with E-state index in [1.807, 2.05) is 0 Å². The number of para-hydroxylation sites is 4. The molecule has 2 spiro atoms. The van der Waals surface area contributed by atoms with Crippen molar-refractivity contribution in [2.75, 3.05) is 4.90 Å². The second-order valence-electron chi connectivity index (χ2n) is 17.5. The molecule has 0 aromatic heterocycles. The summed E-state index contributed by atoms with van der Waals surface area (Å²) in [7, 11) is 0. The van der Waals surface area contributed by atoms with Crippen molar-refractivity contribution >= 4 is 17.1 Å². The smallest absolute Gasteiger partial charge is 0.132 e. The average Bonchev–Trinajstić information content (AvgIpc) is 3.82. The van der Waals surface area contributed by atoms with Crippen molar-refractivity contribution in [1.29, 1.82) is 0 Å². The number of hydrogen-bond acceptors (Lipinski definition) is 3. The summed E-state index contributed by atoms with van der Waals surface area (Å²) in [6.45, 7) is 0. The van der Waals surface area contributed by atoms with Crippen LogP contribution in [0.15, 0.2) is 237 Å². The Kier molecular flexibility index (Phi) is 7.53. The van der Waals surface area contributed by atoms with Gasteiger partial charge in [-0.1, -0.05) is 176 Å². The van der Waals surface area contributed by atoms with Crippen LogP contribution in [0.1, 0.15) is 44.5 Å². The minimum Gasteiger partial charge on any atom is -0.457 e. The Morgan fingerprint density at radius 2 is 0.615 bits per heavy atom. The second-order valence-corrected chi connectivity index (χ2v) is 17.5. The van der Waals surface area contributed by atoms with Crippen LogP contribution in [0.3, 0.4) is 0 Å². The quantitative estimate of drug-likeness (QED) is 0.176. The molecule has 4 aliphatic rings. The fraction of sp³-hybridized carbons (Fsp3) is 0.0323. The van der Waals surface area contributed by atoms with E-state index in [4.69, 9.17) is 9.47 Å². The van der Waals surface area contributed by atoms with E-state index in [1.54, 1.807) is 0 Å². The summed E-state index contributed by atoms with van der Waals surface area (Å²) in [5.74, 6) is 3.55. The fourth-order valence-corrected chi connectivity index (χ4v) is 11.8. The highest BCUT2D eigenvalue weighted by Crippen LogP contribution is 2.64. The normalized spacial score (nSPS) is 14.3. The summed E-state index contributed by atoms with van der Waals surface area (Å²) in [5.41, 5.74) is 19.0. The van der Waals surface area contributed by atoms with E-state index in [1.165, 1.54) is 55.6 Å². The second kappa shape index (κ2) is 13.6. The Balaban J connectivity index is 1.02. The molecule has 0 unspecified atom stereocenters. The molecule has 65 heavy (non-hydrogen) atoms. The largest absolute Gasteiger partial charge is 0.457 e. The summed E-state index contributed by atoms with van der Waals surface area (Å²) in [4.78, 5) is 2.45. The molecule has 0 fully saturated rings. The van der Waals surface area contributed by atoms with Crippen molar-refractivity contribution in [3.63, 3.8) is 0 Å². The number of benzene rings is 10. The van der Waals surface area contributed by atoms with Crippen LogP contribution in [-0.4, -0.2) is 0 Å². The molecule has 10 aromatic carbocycles. The zero-order chi connectivity index (χ0) is 42.7. The molecule has 0 amide bonds. The number of hydrogen-bond donors (Lipinski definition) is 0. The highest BCUT2D eigenvalue weighted by Gasteiger charge is 2.53. The average molecular weight is 830 g/mol. The zero-order valence-electron chi connectivity index (χ0n) is 35.3. The number of nitrogens with zero attached hydrogens (tertiary/aromatic N) is 1. The molecule has 2 aliphatic carbocycles. The maximum atomic E-state index is 6.70. The zero-order valence-corrected chi connectivity index (χ0v) is 35.3. The summed E-state index contributed by atoms with van der Waals surface area (Å²) >= 11 is 0. The molecule has 2 aliphatic heterocycles. The van der Waals surface area contributed by atoms with Gasteiger partial charge in [0.1, 0.15) is 23.0 Å². The first-order valence-corrected chi connectivity index (χ1v) is 22.4. The van der Waals surface area contributed by atoms with Crippen LogP contribution in [0.4, 0.5) is 17.1 Å². The third-order valence-electron chi connectivity index (χ3n) is 14.4. The van der Waals surface area contributed by atoms with Gasteiger partial charge in [0.25, 0.3) is 0 Å². The van der Waals surface area contributed by atoms with E-state index in [9.17, 15) is 0 Å². The van der Waals surface area contributed by atoms with Gasteiger partial charge in [-0.2, -0.15) is 0 Å². The van der Waals surface area contributed by atoms with E-state index in [2.05, 4.69) is 241 Å². The Bertz CT molecular complexity index is 3480. The van der Waals surface area contributed by atoms with Crippen molar-refractivity contribution in [1.82, 2.24) is 0 Å². The summed E-state index contributed by atoms with van der Waals surface area (Å²) in [6.07, 6.45) is 0. The van der Waals surface area contributed by atoms with Crippen LogP contribution >= 0.6 is 0 Å². The van der Waals surface area contributed by atoms with Crippen molar-refractivity contribution in [3.8, 4) is 56.4 Å². The van der Waals surface area contributed by atoms with E-state index >= 15 is 0 Å². The van der Waals surface area contributed by atoms with Gasteiger partial charge in [0.15, 0.2) is 0 Å². The molecule has 0 saturated heterocycles. The molecular formula is C62H39NO2. The van der Waals surface area contributed by atoms with E-state index < -0.39 is 10.8 Å². The standard InChI is InChI=1S/C62H39NO2/c1-2-16-40(17-3-1)41-30-32-42(33-31-41)63(43-35-37-51-48(38-43)46-19-5-7-21-50(46)61(51)52-22-8-12-26-57(52)64-58-27-13-9-23-53(58)61)44-34-36-47-45-18-4-6-20-49(45)62(56(47)39-44)54-24-10-14-28-59(54)65-60-29-15-11-25-55(60)62/h1-39H. The SMILES string of the molecule is c1ccc(-c2ccc(N(c3ccc4c(c3)-c3ccccc3C43c4ccccc4Oc4ccccc43)c3ccc4c(c3)C3(c5ccccc5Oc5ccccc53)c3ccccc3-4)cc2)cc1. The third kappa shape index (κ3) is 4.84. The first kappa shape index (κ1) is 36.1. The van der Waals surface area contributed by atoms with Crippen molar-refractivity contribution in [3.05, 3.63) is 281 Å². The molecule has 2 heterocycles. The summed E-state index contributed by atoms with van der Waals surface area (Å²) in [6, 6.07) is 86.1. The Morgan fingerprint density at radius 1 is 0.246 bits per heavy atom. The third-order valence-corrected chi connectivity index (χ3v) is 14.4. The predicted molar refractivity (Wildman–Crippen MR) is 261 cm³/mol. The number of anilines is 3. The van der Waals surface area contributed by atoms with E-state index in [-0.39, 0.29) is 0 Å². The molecular weight excluding hydrogens is 791 g/mol. The Morgan fingerprint density at radius 3 is 1.17 bits per heavy atom. The van der Waals surface area contributed by atoms with Crippen LogP contribution in [0.25, 0.3) is 33.4 Å². The molecule has 0 radical (unpaired) electrons. The number of rotatable bonds is 4. The molecule has 0 atom stereocenters. The molecule has 14 rings (SSSR count). The molecule has 0 bridgehead atoms. The summed E-state index contributed by atoms with van der Waals surface area (Å²) in [5, 5.41) is 0. The van der Waals surface area contributed by atoms with Gasteiger partial charge < -0.3 is 14.4 Å². The lowest BCUT2D eigenvalue weighted by atomic mass is 9.66. The van der Waals surface area contributed by atoms with Crippen molar-refractivity contribution in [2.24, 2.45) is 0 Å². The van der Waals surface area contributed by atoms with Gasteiger partial charge in [0.2, 0.25) is 0 Å². The first-order valence-electron chi connectivity index (χ1n) is 22.4. The Hall–Kier alpha value is -8.40. The molecule has 304 valence electrons. The predicted octanol–water partition coefficient (Wildman–Crippen LogP) is 15.8. The minimum absolute atomic E-state index is 0.548. The topological polar surface area (TPSA) is 21.7 Å². The van der Waals surface area contributed by atoms with Gasteiger partial charge in [0, 0.05) is 39.3 Å². The van der Waals surface area contributed by atoms with Crippen LogP contribution in [0.2, 0.25) is 0 Å². The lowest BCUT2D eigenvalue weighted by Gasteiger charge is -2.40. The maximum absolute atomic E-state index is 6.70. The Labute approximate surface area is 378 Å². The van der Waals surface area contributed by atoms with Crippen molar-refractivity contribution < 1.29 is 9.47 Å². The van der Waals surface area contributed by atoms with Gasteiger partial charge >= 0.3 is 0 Å². The highest BCUT2D eigenvalue weighted by molar-refractivity contribution is 5.94. The van der Waals surface area contributed by atoms with Crippen LogP contribution in [0.5, 0.6) is 23.0 Å². The lowest BCUT2D eigenvalue weighted by molar-refractivity contribution is 0.436. The van der Waals surface area contributed by atoms with Gasteiger partial charge in [-0.25, -0.2) is 0 Å². The molecule has 0 N–H and O–H groups in total.